The summed E-state index contributed by atoms with van der Waals surface area (Å²) >= 11 is 0. The zero-order valence-corrected chi connectivity index (χ0v) is 12.3. The molecule has 20 heavy (non-hydrogen) atoms. The second kappa shape index (κ2) is 6.53. The van der Waals surface area contributed by atoms with Gasteiger partial charge >= 0.3 is 0 Å². The molecule has 1 heterocycles. The third-order valence-electron chi connectivity index (χ3n) is 4.95. The van der Waals surface area contributed by atoms with Crippen molar-refractivity contribution in [1.29, 1.82) is 0 Å². The van der Waals surface area contributed by atoms with Gasteiger partial charge in [0.1, 0.15) is 5.78 Å². The Morgan fingerprint density at radius 1 is 1.05 bits per heavy atom. The lowest BCUT2D eigenvalue weighted by molar-refractivity contribution is -0.123. The van der Waals surface area contributed by atoms with Crippen LogP contribution in [0.2, 0.25) is 0 Å². The van der Waals surface area contributed by atoms with Gasteiger partial charge in [-0.05, 0) is 37.3 Å². The van der Waals surface area contributed by atoms with E-state index in [0.29, 0.717) is 17.6 Å². The van der Waals surface area contributed by atoms with Crippen LogP contribution in [0, 0.1) is 5.92 Å². The van der Waals surface area contributed by atoms with E-state index in [0.717, 1.165) is 38.9 Å². The summed E-state index contributed by atoms with van der Waals surface area (Å²) in [5, 5.41) is 0. The van der Waals surface area contributed by atoms with E-state index in [4.69, 9.17) is 0 Å². The zero-order valence-electron chi connectivity index (χ0n) is 12.3. The minimum atomic E-state index is 0.312. The van der Waals surface area contributed by atoms with E-state index in [1.54, 1.807) is 0 Å². The number of nitrogens with zero attached hydrogens (tertiary/aromatic N) is 1. The first-order valence-corrected chi connectivity index (χ1v) is 8.13. The Morgan fingerprint density at radius 3 is 2.75 bits per heavy atom. The van der Waals surface area contributed by atoms with Crippen molar-refractivity contribution in [3.05, 3.63) is 35.9 Å². The second-order valence-corrected chi connectivity index (χ2v) is 6.42. The summed E-state index contributed by atoms with van der Waals surface area (Å²) < 4.78 is 0. The van der Waals surface area contributed by atoms with Gasteiger partial charge in [-0.2, -0.15) is 0 Å². The molecule has 2 heteroatoms. The molecule has 2 unspecified atom stereocenters. The van der Waals surface area contributed by atoms with Crippen molar-refractivity contribution in [2.24, 2.45) is 5.92 Å². The van der Waals surface area contributed by atoms with Gasteiger partial charge in [0.05, 0.1) is 0 Å². The smallest absolute Gasteiger partial charge is 0.137 e. The highest BCUT2D eigenvalue weighted by Crippen LogP contribution is 2.29. The fourth-order valence-electron chi connectivity index (χ4n) is 3.73. The topological polar surface area (TPSA) is 20.3 Å². The lowest BCUT2D eigenvalue weighted by Crippen LogP contribution is -2.31. The number of rotatable bonds is 3. The number of ketones is 1. The SMILES string of the molecule is O=C1CCCCCC1CN1CCC(c2ccccc2)C1. The molecule has 2 aliphatic rings. The first-order valence-electron chi connectivity index (χ1n) is 8.13. The number of hydrogen-bond acceptors (Lipinski definition) is 2. The molecule has 1 aliphatic heterocycles. The third-order valence-corrected chi connectivity index (χ3v) is 4.95. The molecule has 2 nitrogen and oxygen atoms in total. The minimum absolute atomic E-state index is 0.312. The molecule has 1 saturated carbocycles. The fraction of sp³-hybridized carbons (Fsp3) is 0.611. The Morgan fingerprint density at radius 2 is 1.90 bits per heavy atom. The minimum Gasteiger partial charge on any atom is -0.302 e. The van der Waals surface area contributed by atoms with Crippen molar-refractivity contribution in [2.75, 3.05) is 19.6 Å². The van der Waals surface area contributed by atoms with Crippen LogP contribution in [0.4, 0.5) is 0 Å². The molecule has 0 amide bonds. The Labute approximate surface area is 122 Å². The van der Waals surface area contributed by atoms with E-state index in [1.807, 2.05) is 0 Å². The average Bonchev–Trinajstić information content (AvgIpc) is 2.86. The van der Waals surface area contributed by atoms with Gasteiger partial charge in [0.25, 0.3) is 0 Å². The van der Waals surface area contributed by atoms with Crippen LogP contribution >= 0.6 is 0 Å². The Hall–Kier alpha value is -1.15. The Bertz CT molecular complexity index is 442. The van der Waals surface area contributed by atoms with Gasteiger partial charge in [-0.15, -0.1) is 0 Å². The quantitative estimate of drug-likeness (QED) is 0.783. The number of Topliss-reactive ketones (excluding diaryl/α,β-unsaturated/α-hetero) is 1. The highest BCUT2D eigenvalue weighted by atomic mass is 16.1. The predicted molar refractivity (Wildman–Crippen MR) is 81.8 cm³/mol. The number of carbonyl (C=O) groups is 1. The fourth-order valence-corrected chi connectivity index (χ4v) is 3.73. The molecule has 2 atom stereocenters. The van der Waals surface area contributed by atoms with Crippen LogP contribution in [-0.2, 0) is 4.79 Å². The van der Waals surface area contributed by atoms with E-state index in [1.165, 1.54) is 24.8 Å². The van der Waals surface area contributed by atoms with Crippen molar-refractivity contribution in [3.63, 3.8) is 0 Å². The van der Waals surface area contributed by atoms with Crippen molar-refractivity contribution in [1.82, 2.24) is 4.90 Å². The van der Waals surface area contributed by atoms with Gasteiger partial charge < -0.3 is 4.90 Å². The molecule has 0 N–H and O–H groups in total. The van der Waals surface area contributed by atoms with Crippen LogP contribution in [0.5, 0.6) is 0 Å². The summed E-state index contributed by atoms with van der Waals surface area (Å²) in [6, 6.07) is 10.8. The number of carbonyl (C=O) groups excluding carboxylic acids is 1. The van der Waals surface area contributed by atoms with Crippen molar-refractivity contribution >= 4 is 5.78 Å². The van der Waals surface area contributed by atoms with Crippen LogP contribution in [0.3, 0.4) is 0 Å². The van der Waals surface area contributed by atoms with E-state index in [9.17, 15) is 4.79 Å². The first-order chi connectivity index (χ1) is 9.83. The molecule has 0 radical (unpaired) electrons. The summed E-state index contributed by atoms with van der Waals surface area (Å²) in [6.07, 6.45) is 6.78. The van der Waals surface area contributed by atoms with E-state index in [2.05, 4.69) is 35.2 Å². The molecule has 1 aliphatic carbocycles. The van der Waals surface area contributed by atoms with Gasteiger partial charge in [0.2, 0.25) is 0 Å². The van der Waals surface area contributed by atoms with E-state index in [-0.39, 0.29) is 0 Å². The first kappa shape index (κ1) is 13.8. The molecule has 108 valence electrons. The Kier molecular flexibility index (Phi) is 4.51. The monoisotopic (exact) mass is 271 g/mol. The number of likely N-dealkylation sites (tertiary alicyclic amines) is 1. The van der Waals surface area contributed by atoms with Gasteiger partial charge in [0.15, 0.2) is 0 Å². The van der Waals surface area contributed by atoms with Gasteiger partial charge in [-0.3, -0.25) is 4.79 Å². The zero-order chi connectivity index (χ0) is 13.8. The summed E-state index contributed by atoms with van der Waals surface area (Å²) in [4.78, 5) is 14.6. The van der Waals surface area contributed by atoms with Gasteiger partial charge in [-0.25, -0.2) is 0 Å². The summed E-state index contributed by atoms with van der Waals surface area (Å²) in [6.45, 7) is 3.29. The molecule has 0 aromatic heterocycles. The summed E-state index contributed by atoms with van der Waals surface area (Å²) in [5.41, 5.74) is 1.46. The van der Waals surface area contributed by atoms with Gasteiger partial charge in [-0.1, -0.05) is 43.2 Å². The molecule has 2 fully saturated rings. The van der Waals surface area contributed by atoms with Crippen molar-refractivity contribution < 1.29 is 4.79 Å². The molecular weight excluding hydrogens is 246 g/mol. The summed E-state index contributed by atoms with van der Waals surface area (Å²) in [7, 11) is 0. The molecule has 3 rings (SSSR count). The molecule has 0 spiro atoms. The lowest BCUT2D eigenvalue weighted by atomic mass is 9.97. The van der Waals surface area contributed by atoms with Crippen LogP contribution in [-0.4, -0.2) is 30.3 Å². The molecular formula is C18H25NO. The average molecular weight is 271 g/mol. The lowest BCUT2D eigenvalue weighted by Gasteiger charge is -2.22. The van der Waals surface area contributed by atoms with Crippen molar-refractivity contribution in [2.45, 2.75) is 44.4 Å². The maximum atomic E-state index is 12.1. The highest BCUT2D eigenvalue weighted by molar-refractivity contribution is 5.81. The molecule has 1 saturated heterocycles. The van der Waals surface area contributed by atoms with Crippen LogP contribution in [0.25, 0.3) is 0 Å². The third kappa shape index (κ3) is 3.29. The van der Waals surface area contributed by atoms with Gasteiger partial charge in [0, 0.05) is 25.4 Å². The second-order valence-electron chi connectivity index (χ2n) is 6.42. The van der Waals surface area contributed by atoms with Crippen LogP contribution < -0.4 is 0 Å². The number of benzene rings is 1. The molecule has 0 bridgehead atoms. The maximum absolute atomic E-state index is 12.1. The maximum Gasteiger partial charge on any atom is 0.137 e. The van der Waals surface area contributed by atoms with Crippen LogP contribution in [0.1, 0.15) is 50.0 Å². The Balaban J connectivity index is 1.56. The highest BCUT2D eigenvalue weighted by Gasteiger charge is 2.28. The molecule has 1 aromatic carbocycles. The van der Waals surface area contributed by atoms with Crippen molar-refractivity contribution in [3.8, 4) is 0 Å². The van der Waals surface area contributed by atoms with Crippen LogP contribution in [0.15, 0.2) is 30.3 Å². The standard InChI is InChI=1S/C18H25NO/c20-18-10-6-2-5-9-17(18)14-19-12-11-16(13-19)15-7-3-1-4-8-15/h1,3-4,7-8,16-17H,2,5-6,9-14H2. The van der Waals surface area contributed by atoms with E-state index < -0.39 is 0 Å². The largest absolute Gasteiger partial charge is 0.302 e. The normalized spacial score (nSPS) is 28.5. The predicted octanol–water partition coefficient (Wildman–Crippen LogP) is 3.63. The number of hydrogen-bond donors (Lipinski definition) is 0. The summed E-state index contributed by atoms with van der Waals surface area (Å²) in [5.74, 6) is 1.50. The van der Waals surface area contributed by atoms with E-state index >= 15 is 0 Å². The molecule has 1 aromatic rings.